The van der Waals surface area contributed by atoms with E-state index in [2.05, 4.69) is 24.2 Å². The second kappa shape index (κ2) is 8.36. The molecule has 4 N–H and O–H groups in total. The van der Waals surface area contributed by atoms with Gasteiger partial charge in [-0.2, -0.15) is 0 Å². The molecule has 1 aliphatic heterocycles. The number of likely N-dealkylation sites (N-methyl/N-ethyl adjacent to an activating group) is 1. The summed E-state index contributed by atoms with van der Waals surface area (Å²) in [5.41, 5.74) is 5.07. The van der Waals surface area contributed by atoms with Gasteiger partial charge in [0.05, 0.1) is 6.54 Å². The van der Waals surface area contributed by atoms with Gasteiger partial charge in [-0.1, -0.05) is 6.92 Å². The minimum absolute atomic E-state index is 0.0300. The minimum Gasteiger partial charge on any atom is -0.483 e. The number of likely N-dealkylation sites (tertiary alicyclic amines) is 1. The van der Waals surface area contributed by atoms with Crippen molar-refractivity contribution < 1.29 is 19.5 Å². The van der Waals surface area contributed by atoms with Crippen LogP contribution in [-0.4, -0.2) is 73.6 Å². The Kier molecular flexibility index (Phi) is 7.60. The Hall–Kier alpha value is -1.83. The molecular weight excluding hydrogens is 264 g/mol. The molecule has 3 amide bonds. The number of nitrogens with two attached hydrogens (primary N) is 1. The molecule has 8 heteroatoms. The fraction of sp³-hybridized carbons (Fsp3) is 0.750. The first kappa shape index (κ1) is 18.2. The molecule has 0 bridgehead atoms. The smallest absolute Gasteiger partial charge is 0.312 e. The minimum atomic E-state index is -0.668. The summed E-state index contributed by atoms with van der Waals surface area (Å²) in [4.78, 5) is 34.5. The average Bonchev–Trinajstić information content (AvgIpc) is 2.66. The second-order valence-electron chi connectivity index (χ2n) is 5.37. The van der Waals surface area contributed by atoms with E-state index in [1.165, 1.54) is 0 Å². The molecule has 20 heavy (non-hydrogen) atoms. The molecule has 0 aromatic heterocycles. The van der Waals surface area contributed by atoms with Gasteiger partial charge in [-0.15, -0.1) is 0 Å². The van der Waals surface area contributed by atoms with Crippen LogP contribution in [0.3, 0.4) is 0 Å². The largest absolute Gasteiger partial charge is 0.483 e. The van der Waals surface area contributed by atoms with E-state index in [1.807, 2.05) is 0 Å². The summed E-state index contributed by atoms with van der Waals surface area (Å²) < 4.78 is 0. The Balaban J connectivity index is 0.00000110. The number of hydrogen-bond acceptors (Lipinski definition) is 4. The van der Waals surface area contributed by atoms with Crippen molar-refractivity contribution in [2.75, 3.05) is 40.3 Å². The molecule has 0 radical (unpaired) electrons. The van der Waals surface area contributed by atoms with Crippen LogP contribution >= 0.6 is 0 Å². The number of rotatable bonds is 4. The Bertz CT molecular complexity index is 350. The molecule has 1 fully saturated rings. The molecule has 1 rings (SSSR count). The van der Waals surface area contributed by atoms with E-state index in [9.17, 15) is 9.59 Å². The summed E-state index contributed by atoms with van der Waals surface area (Å²) in [5.74, 6) is -0.112. The molecule has 1 unspecified atom stereocenters. The first-order valence-electron chi connectivity index (χ1n) is 6.28. The standard InChI is InChI=1S/C11H22N4O2.CH2O2/c1-11(4-5-14(2)7-11)8-15(3)9(16)6-13-10(12)17;2-1-3/h4-8H2,1-3H3,(H3,12,13,17);1H,(H,2,3). The van der Waals surface area contributed by atoms with Crippen LogP contribution in [0.15, 0.2) is 0 Å². The summed E-state index contributed by atoms with van der Waals surface area (Å²) in [6.45, 7) is 4.67. The van der Waals surface area contributed by atoms with Gasteiger partial charge < -0.3 is 26.0 Å². The summed E-state index contributed by atoms with van der Waals surface area (Å²) in [5, 5.41) is 9.20. The van der Waals surface area contributed by atoms with Crippen molar-refractivity contribution in [2.45, 2.75) is 13.3 Å². The quantitative estimate of drug-likeness (QED) is 0.583. The summed E-state index contributed by atoms with van der Waals surface area (Å²) in [6, 6.07) is -0.668. The van der Waals surface area contributed by atoms with Crippen molar-refractivity contribution in [3.05, 3.63) is 0 Å². The van der Waals surface area contributed by atoms with Crippen LogP contribution in [-0.2, 0) is 9.59 Å². The van der Waals surface area contributed by atoms with Crippen LogP contribution in [0.5, 0.6) is 0 Å². The van der Waals surface area contributed by atoms with Gasteiger partial charge in [0.15, 0.2) is 0 Å². The zero-order valence-electron chi connectivity index (χ0n) is 12.3. The van der Waals surface area contributed by atoms with Gasteiger partial charge >= 0.3 is 6.03 Å². The van der Waals surface area contributed by atoms with Gasteiger partial charge in [-0.25, -0.2) is 4.79 Å². The lowest BCUT2D eigenvalue weighted by molar-refractivity contribution is -0.130. The third-order valence-electron chi connectivity index (χ3n) is 3.21. The van der Waals surface area contributed by atoms with E-state index in [4.69, 9.17) is 15.6 Å². The van der Waals surface area contributed by atoms with Crippen molar-refractivity contribution in [1.29, 1.82) is 0 Å². The number of nitrogens with zero attached hydrogens (tertiary/aromatic N) is 2. The van der Waals surface area contributed by atoms with Crippen LogP contribution in [0, 0.1) is 5.41 Å². The first-order valence-corrected chi connectivity index (χ1v) is 6.28. The van der Waals surface area contributed by atoms with E-state index >= 15 is 0 Å². The van der Waals surface area contributed by atoms with Crippen LogP contribution in [0.1, 0.15) is 13.3 Å². The average molecular weight is 288 g/mol. The highest BCUT2D eigenvalue weighted by atomic mass is 16.3. The third-order valence-corrected chi connectivity index (χ3v) is 3.21. The van der Waals surface area contributed by atoms with E-state index in [0.717, 1.165) is 19.5 Å². The number of carbonyl (C=O) groups is 3. The highest BCUT2D eigenvalue weighted by molar-refractivity contribution is 5.83. The van der Waals surface area contributed by atoms with E-state index < -0.39 is 6.03 Å². The normalized spacial score (nSPS) is 21.6. The molecule has 0 spiro atoms. The molecule has 8 nitrogen and oxygen atoms in total. The third kappa shape index (κ3) is 6.93. The van der Waals surface area contributed by atoms with Crippen LogP contribution in [0.25, 0.3) is 0 Å². The Morgan fingerprint density at radius 1 is 1.55 bits per heavy atom. The number of amides is 3. The lowest BCUT2D eigenvalue weighted by Crippen LogP contribution is -2.44. The predicted octanol–water partition coefficient (Wildman–Crippen LogP) is -0.844. The Morgan fingerprint density at radius 3 is 2.50 bits per heavy atom. The summed E-state index contributed by atoms with van der Waals surface area (Å²) in [7, 11) is 3.84. The summed E-state index contributed by atoms with van der Waals surface area (Å²) >= 11 is 0. The van der Waals surface area contributed by atoms with Gasteiger partial charge in [0, 0.05) is 20.1 Å². The Morgan fingerprint density at radius 2 is 2.10 bits per heavy atom. The number of carbonyl (C=O) groups excluding carboxylic acids is 2. The van der Waals surface area contributed by atoms with E-state index in [1.54, 1.807) is 11.9 Å². The molecular formula is C12H24N4O4. The molecule has 0 saturated carbocycles. The highest BCUT2D eigenvalue weighted by Crippen LogP contribution is 2.29. The maximum atomic E-state index is 11.7. The first-order chi connectivity index (χ1) is 9.24. The van der Waals surface area contributed by atoms with E-state index in [0.29, 0.717) is 6.54 Å². The molecule has 1 atom stereocenters. The van der Waals surface area contributed by atoms with Crippen LogP contribution < -0.4 is 11.1 Å². The predicted molar refractivity (Wildman–Crippen MR) is 74.1 cm³/mol. The zero-order valence-corrected chi connectivity index (χ0v) is 12.3. The number of urea groups is 1. The lowest BCUT2D eigenvalue weighted by Gasteiger charge is -2.29. The van der Waals surface area contributed by atoms with Crippen molar-refractivity contribution >= 4 is 18.4 Å². The van der Waals surface area contributed by atoms with Crippen molar-refractivity contribution in [3.63, 3.8) is 0 Å². The topological polar surface area (TPSA) is 116 Å². The molecule has 0 aromatic rings. The van der Waals surface area contributed by atoms with Gasteiger partial charge in [-0.05, 0) is 25.4 Å². The van der Waals surface area contributed by atoms with Gasteiger partial charge in [0.2, 0.25) is 5.91 Å². The molecule has 1 aliphatic rings. The van der Waals surface area contributed by atoms with Crippen molar-refractivity contribution in [1.82, 2.24) is 15.1 Å². The number of carboxylic acid groups (broad SMARTS) is 1. The maximum absolute atomic E-state index is 11.7. The molecule has 116 valence electrons. The molecule has 1 heterocycles. The van der Waals surface area contributed by atoms with Gasteiger partial charge in [0.1, 0.15) is 0 Å². The highest BCUT2D eigenvalue weighted by Gasteiger charge is 2.33. The number of hydrogen-bond donors (Lipinski definition) is 3. The van der Waals surface area contributed by atoms with Gasteiger partial charge in [0.25, 0.3) is 6.47 Å². The number of primary amides is 1. The second-order valence-corrected chi connectivity index (χ2v) is 5.37. The SMILES string of the molecule is CN1CCC(C)(CN(C)C(=O)CNC(N)=O)C1.O=CO. The van der Waals surface area contributed by atoms with E-state index in [-0.39, 0.29) is 24.3 Å². The maximum Gasteiger partial charge on any atom is 0.312 e. The fourth-order valence-corrected chi connectivity index (χ4v) is 2.36. The number of nitrogens with one attached hydrogen (secondary N) is 1. The monoisotopic (exact) mass is 288 g/mol. The molecule has 0 aliphatic carbocycles. The Labute approximate surface area is 118 Å². The molecule has 0 aromatic carbocycles. The van der Waals surface area contributed by atoms with Crippen LogP contribution in [0.4, 0.5) is 4.79 Å². The molecule has 1 saturated heterocycles. The van der Waals surface area contributed by atoms with Crippen LogP contribution in [0.2, 0.25) is 0 Å². The van der Waals surface area contributed by atoms with Crippen molar-refractivity contribution in [3.8, 4) is 0 Å². The summed E-state index contributed by atoms with van der Waals surface area (Å²) in [6.07, 6.45) is 1.09. The fourth-order valence-electron chi connectivity index (χ4n) is 2.36. The zero-order chi connectivity index (χ0) is 15.8. The van der Waals surface area contributed by atoms with Gasteiger partial charge in [-0.3, -0.25) is 9.59 Å². The van der Waals surface area contributed by atoms with Crippen molar-refractivity contribution in [2.24, 2.45) is 11.1 Å². The lowest BCUT2D eigenvalue weighted by atomic mass is 9.89.